The van der Waals surface area contributed by atoms with Crippen molar-refractivity contribution in [3.05, 3.63) is 53.7 Å². The summed E-state index contributed by atoms with van der Waals surface area (Å²) in [6.07, 6.45) is 7.08. The molecule has 1 N–H and O–H groups in total. The number of rotatable bonds is 5. The second-order valence-electron chi connectivity index (χ2n) is 6.87. The van der Waals surface area contributed by atoms with Crippen molar-refractivity contribution in [3.8, 4) is 0 Å². The summed E-state index contributed by atoms with van der Waals surface area (Å²) in [6, 6.07) is 12.6. The first-order valence-electron chi connectivity index (χ1n) is 9.24. The van der Waals surface area contributed by atoms with Crippen LogP contribution in [0.25, 0.3) is 0 Å². The van der Waals surface area contributed by atoms with E-state index >= 15 is 0 Å². The Hall–Kier alpha value is -2.36. The lowest BCUT2D eigenvalue weighted by molar-refractivity contribution is -0.115. The van der Waals surface area contributed by atoms with Crippen LogP contribution in [0.5, 0.6) is 0 Å². The van der Waals surface area contributed by atoms with Gasteiger partial charge in [-0.3, -0.25) is 4.79 Å². The van der Waals surface area contributed by atoms with Crippen molar-refractivity contribution in [1.29, 1.82) is 0 Å². The summed E-state index contributed by atoms with van der Waals surface area (Å²) in [6.45, 7) is 5.35. The number of carbonyl (C=O) groups excluding carboxylic acids is 1. The molecule has 1 amide bonds. The van der Waals surface area contributed by atoms with Crippen molar-refractivity contribution in [3.63, 3.8) is 0 Å². The average Bonchev–Trinajstić information content (AvgIpc) is 2.62. The second kappa shape index (κ2) is 8.15. The minimum Gasteiger partial charge on any atom is -0.354 e. The van der Waals surface area contributed by atoms with E-state index in [1.165, 1.54) is 24.8 Å². The Balaban J connectivity index is 1.61. The maximum Gasteiger partial charge on any atom is 0.228 e. The zero-order valence-electron chi connectivity index (χ0n) is 15.2. The summed E-state index contributed by atoms with van der Waals surface area (Å²) >= 11 is 0. The summed E-state index contributed by atoms with van der Waals surface area (Å²) < 4.78 is 0. The van der Waals surface area contributed by atoms with Crippen molar-refractivity contribution in [2.24, 2.45) is 0 Å². The minimum atomic E-state index is -0.00967. The van der Waals surface area contributed by atoms with E-state index in [0.29, 0.717) is 12.5 Å². The molecule has 4 heteroatoms. The van der Waals surface area contributed by atoms with E-state index in [-0.39, 0.29) is 5.91 Å². The lowest BCUT2D eigenvalue weighted by atomic mass is 10.00. The van der Waals surface area contributed by atoms with E-state index in [1.807, 2.05) is 43.3 Å². The summed E-state index contributed by atoms with van der Waals surface area (Å²) in [4.78, 5) is 19.2. The normalized spacial score (nSPS) is 17.4. The Bertz CT molecular complexity index is 711. The molecule has 0 aliphatic carbocycles. The van der Waals surface area contributed by atoms with Gasteiger partial charge in [-0.15, -0.1) is 0 Å². The fraction of sp³-hybridized carbons (Fsp3) is 0.429. The van der Waals surface area contributed by atoms with Gasteiger partial charge in [0.05, 0.1) is 18.3 Å². The highest BCUT2D eigenvalue weighted by atomic mass is 16.1. The fourth-order valence-electron chi connectivity index (χ4n) is 3.57. The molecule has 1 unspecified atom stereocenters. The molecule has 0 saturated carbocycles. The molecular weight excluding hydrogens is 310 g/mol. The third-order valence-electron chi connectivity index (χ3n) is 4.87. The van der Waals surface area contributed by atoms with Gasteiger partial charge in [-0.2, -0.15) is 0 Å². The Morgan fingerprint density at radius 3 is 2.88 bits per heavy atom. The number of hydrogen-bond acceptors (Lipinski definition) is 3. The number of carbonyl (C=O) groups is 1. The number of aryl methyl sites for hydroxylation is 1. The van der Waals surface area contributed by atoms with Crippen LogP contribution >= 0.6 is 0 Å². The standard InChI is InChI=1S/C21H27N3O/c1-3-19-9-4-5-12-24(19)20-11-10-18(15-22-20)23-21(25)14-17-8-6-7-16(2)13-17/h6-8,10-11,13,15,19H,3-5,9,12,14H2,1-2H3,(H,23,25). The van der Waals surface area contributed by atoms with Gasteiger partial charge in [0.1, 0.15) is 5.82 Å². The predicted octanol–water partition coefficient (Wildman–Crippen LogP) is 4.34. The van der Waals surface area contributed by atoms with Crippen LogP contribution in [0.1, 0.15) is 43.7 Å². The zero-order chi connectivity index (χ0) is 17.6. The minimum absolute atomic E-state index is 0.00967. The van der Waals surface area contributed by atoms with Gasteiger partial charge in [0.15, 0.2) is 0 Å². The number of nitrogens with one attached hydrogen (secondary N) is 1. The van der Waals surface area contributed by atoms with E-state index in [0.717, 1.165) is 30.0 Å². The van der Waals surface area contributed by atoms with Crippen molar-refractivity contribution >= 4 is 17.4 Å². The summed E-state index contributed by atoms with van der Waals surface area (Å²) in [5.41, 5.74) is 2.95. The topological polar surface area (TPSA) is 45.2 Å². The van der Waals surface area contributed by atoms with Crippen LogP contribution in [-0.4, -0.2) is 23.5 Å². The number of pyridine rings is 1. The largest absolute Gasteiger partial charge is 0.354 e. The molecule has 2 heterocycles. The SMILES string of the molecule is CCC1CCCCN1c1ccc(NC(=O)Cc2cccc(C)c2)cn1. The van der Waals surface area contributed by atoms with Gasteiger partial charge in [-0.25, -0.2) is 4.98 Å². The molecule has 0 spiro atoms. The number of nitrogens with zero attached hydrogens (tertiary/aromatic N) is 2. The molecule has 4 nitrogen and oxygen atoms in total. The van der Waals surface area contributed by atoms with Crippen LogP contribution in [0.3, 0.4) is 0 Å². The van der Waals surface area contributed by atoms with Crippen molar-refractivity contribution in [2.75, 3.05) is 16.8 Å². The smallest absolute Gasteiger partial charge is 0.228 e. The van der Waals surface area contributed by atoms with Crippen LogP contribution < -0.4 is 10.2 Å². The first-order valence-corrected chi connectivity index (χ1v) is 9.24. The van der Waals surface area contributed by atoms with Crippen LogP contribution in [0.4, 0.5) is 11.5 Å². The molecule has 1 aromatic heterocycles. The first kappa shape index (κ1) is 17.5. The molecule has 1 aliphatic heterocycles. The number of piperidine rings is 1. The van der Waals surface area contributed by atoms with Gasteiger partial charge < -0.3 is 10.2 Å². The van der Waals surface area contributed by atoms with Gasteiger partial charge in [0.25, 0.3) is 0 Å². The highest BCUT2D eigenvalue weighted by Crippen LogP contribution is 2.25. The molecule has 2 aromatic rings. The molecule has 1 fully saturated rings. The van der Waals surface area contributed by atoms with Crippen LogP contribution in [-0.2, 0) is 11.2 Å². The van der Waals surface area contributed by atoms with Crippen LogP contribution in [0.2, 0.25) is 0 Å². The Morgan fingerprint density at radius 1 is 1.28 bits per heavy atom. The second-order valence-corrected chi connectivity index (χ2v) is 6.87. The quantitative estimate of drug-likeness (QED) is 0.883. The van der Waals surface area contributed by atoms with Gasteiger partial charge in [0, 0.05) is 12.6 Å². The summed E-state index contributed by atoms with van der Waals surface area (Å²) in [5.74, 6) is 1.01. The molecule has 1 aliphatic rings. The van der Waals surface area contributed by atoms with Crippen LogP contribution in [0, 0.1) is 6.92 Å². The molecular formula is C21H27N3O. The summed E-state index contributed by atoms with van der Waals surface area (Å²) in [5, 5.41) is 2.95. The van der Waals surface area contributed by atoms with E-state index < -0.39 is 0 Å². The molecule has 3 rings (SSSR count). The van der Waals surface area contributed by atoms with Crippen molar-refractivity contribution in [2.45, 2.75) is 52.0 Å². The monoisotopic (exact) mass is 337 g/mol. The maximum atomic E-state index is 12.2. The third-order valence-corrected chi connectivity index (χ3v) is 4.87. The number of aromatic nitrogens is 1. The highest BCUT2D eigenvalue weighted by molar-refractivity contribution is 5.92. The lowest BCUT2D eigenvalue weighted by Crippen LogP contribution is -2.39. The number of anilines is 2. The third kappa shape index (κ3) is 4.59. The van der Waals surface area contributed by atoms with E-state index in [1.54, 1.807) is 6.20 Å². The van der Waals surface area contributed by atoms with Crippen LogP contribution in [0.15, 0.2) is 42.6 Å². The van der Waals surface area contributed by atoms with Gasteiger partial charge in [-0.1, -0.05) is 36.8 Å². The maximum absolute atomic E-state index is 12.2. The highest BCUT2D eigenvalue weighted by Gasteiger charge is 2.21. The van der Waals surface area contributed by atoms with E-state index in [9.17, 15) is 4.79 Å². The van der Waals surface area contributed by atoms with E-state index in [4.69, 9.17) is 0 Å². The Morgan fingerprint density at radius 2 is 2.16 bits per heavy atom. The molecule has 1 atom stereocenters. The predicted molar refractivity (Wildman–Crippen MR) is 103 cm³/mol. The molecule has 1 saturated heterocycles. The molecule has 0 bridgehead atoms. The Labute approximate surface area is 150 Å². The fourth-order valence-corrected chi connectivity index (χ4v) is 3.57. The number of benzene rings is 1. The molecule has 0 radical (unpaired) electrons. The van der Waals surface area contributed by atoms with Crippen molar-refractivity contribution < 1.29 is 4.79 Å². The van der Waals surface area contributed by atoms with Gasteiger partial charge in [0.2, 0.25) is 5.91 Å². The number of hydrogen-bond donors (Lipinski definition) is 1. The van der Waals surface area contributed by atoms with Gasteiger partial charge >= 0.3 is 0 Å². The lowest BCUT2D eigenvalue weighted by Gasteiger charge is -2.36. The Kier molecular flexibility index (Phi) is 5.69. The van der Waals surface area contributed by atoms with E-state index in [2.05, 4.69) is 22.1 Å². The summed E-state index contributed by atoms with van der Waals surface area (Å²) in [7, 11) is 0. The molecule has 132 valence electrons. The first-order chi connectivity index (χ1) is 12.2. The van der Waals surface area contributed by atoms with Gasteiger partial charge in [-0.05, 0) is 50.3 Å². The average molecular weight is 337 g/mol. The zero-order valence-corrected chi connectivity index (χ0v) is 15.2. The van der Waals surface area contributed by atoms with Crippen molar-refractivity contribution in [1.82, 2.24) is 4.98 Å². The molecule has 25 heavy (non-hydrogen) atoms. The molecule has 1 aromatic carbocycles. The number of amides is 1.